The van der Waals surface area contributed by atoms with Gasteiger partial charge in [-0.25, -0.2) is 4.79 Å². The fourth-order valence-electron chi connectivity index (χ4n) is 2.05. The third-order valence-electron chi connectivity index (χ3n) is 3.02. The van der Waals surface area contributed by atoms with E-state index in [0.717, 1.165) is 5.56 Å². The van der Waals surface area contributed by atoms with Crippen LogP contribution in [0.2, 0.25) is 0 Å². The molecule has 22 heavy (non-hydrogen) atoms. The lowest BCUT2D eigenvalue weighted by atomic mass is 10.1. The van der Waals surface area contributed by atoms with E-state index in [1.165, 1.54) is 4.90 Å². The van der Waals surface area contributed by atoms with Crippen LogP contribution in [0.4, 0.5) is 4.79 Å². The highest BCUT2D eigenvalue weighted by Gasteiger charge is 2.18. The minimum atomic E-state index is -0.401. The third-order valence-corrected chi connectivity index (χ3v) is 3.02. The van der Waals surface area contributed by atoms with E-state index in [-0.39, 0.29) is 0 Å². The topological polar surface area (TPSA) is 83.3 Å². The van der Waals surface area contributed by atoms with Crippen molar-refractivity contribution < 1.29 is 23.7 Å². The van der Waals surface area contributed by atoms with Crippen molar-refractivity contribution in [2.24, 2.45) is 5.73 Å². The maximum Gasteiger partial charge on any atom is 0.410 e. The van der Waals surface area contributed by atoms with E-state index in [1.807, 2.05) is 0 Å². The first-order chi connectivity index (χ1) is 10.6. The number of carbonyl (C=O) groups is 1. The second-order valence-electron chi connectivity index (χ2n) is 4.44. The van der Waals surface area contributed by atoms with Crippen molar-refractivity contribution in [1.82, 2.24) is 4.90 Å². The van der Waals surface area contributed by atoms with Gasteiger partial charge in [-0.05, 0) is 24.6 Å². The molecule has 0 spiro atoms. The van der Waals surface area contributed by atoms with E-state index in [2.05, 4.69) is 0 Å². The molecule has 124 valence electrons. The SMILES string of the molecule is CCOC(=O)N(CCN)Cc1cc(OC)c(OC)c(OC)c1. The molecule has 1 aromatic rings. The van der Waals surface area contributed by atoms with Gasteiger partial charge < -0.3 is 29.6 Å². The minimum Gasteiger partial charge on any atom is -0.493 e. The Labute approximate surface area is 130 Å². The first-order valence-corrected chi connectivity index (χ1v) is 7.01. The van der Waals surface area contributed by atoms with Crippen LogP contribution in [0, 0.1) is 0 Å². The molecule has 0 bridgehead atoms. The molecule has 0 heterocycles. The quantitative estimate of drug-likeness (QED) is 0.785. The largest absolute Gasteiger partial charge is 0.493 e. The number of rotatable bonds is 8. The highest BCUT2D eigenvalue weighted by molar-refractivity contribution is 5.67. The van der Waals surface area contributed by atoms with E-state index < -0.39 is 6.09 Å². The molecular formula is C15H24N2O5. The Morgan fingerprint density at radius 2 is 1.73 bits per heavy atom. The molecule has 0 aliphatic heterocycles. The van der Waals surface area contributed by atoms with E-state index >= 15 is 0 Å². The van der Waals surface area contributed by atoms with Gasteiger partial charge in [0.05, 0.1) is 27.9 Å². The summed E-state index contributed by atoms with van der Waals surface area (Å²) >= 11 is 0. The van der Waals surface area contributed by atoms with Crippen molar-refractivity contribution in [2.45, 2.75) is 13.5 Å². The van der Waals surface area contributed by atoms with Crippen LogP contribution >= 0.6 is 0 Å². The van der Waals surface area contributed by atoms with Crippen LogP contribution in [0.15, 0.2) is 12.1 Å². The molecular weight excluding hydrogens is 288 g/mol. The van der Waals surface area contributed by atoms with E-state index in [1.54, 1.807) is 40.4 Å². The second-order valence-corrected chi connectivity index (χ2v) is 4.44. The molecule has 1 aromatic carbocycles. The van der Waals surface area contributed by atoms with Crippen molar-refractivity contribution >= 4 is 6.09 Å². The van der Waals surface area contributed by atoms with Crippen LogP contribution < -0.4 is 19.9 Å². The number of methoxy groups -OCH3 is 3. The van der Waals surface area contributed by atoms with E-state index in [9.17, 15) is 4.79 Å². The first kappa shape index (κ1) is 17.9. The highest BCUT2D eigenvalue weighted by atomic mass is 16.6. The zero-order valence-corrected chi connectivity index (χ0v) is 13.5. The van der Waals surface area contributed by atoms with Gasteiger partial charge >= 0.3 is 6.09 Å². The van der Waals surface area contributed by atoms with Crippen molar-refractivity contribution in [3.63, 3.8) is 0 Å². The molecule has 0 saturated heterocycles. The predicted molar refractivity (Wildman–Crippen MR) is 82.6 cm³/mol. The van der Waals surface area contributed by atoms with Crippen LogP contribution in [-0.4, -0.2) is 52.0 Å². The maximum atomic E-state index is 11.9. The molecule has 1 rings (SSSR count). The molecule has 0 unspecified atom stereocenters. The molecule has 0 aliphatic carbocycles. The normalized spacial score (nSPS) is 10.0. The number of nitrogens with zero attached hydrogens (tertiary/aromatic N) is 1. The van der Waals surface area contributed by atoms with Crippen LogP contribution in [0.25, 0.3) is 0 Å². The molecule has 7 nitrogen and oxygen atoms in total. The van der Waals surface area contributed by atoms with Gasteiger partial charge in [-0.2, -0.15) is 0 Å². The van der Waals surface area contributed by atoms with Gasteiger partial charge in [-0.1, -0.05) is 0 Å². The zero-order chi connectivity index (χ0) is 16.5. The molecule has 0 fully saturated rings. The Morgan fingerprint density at radius 3 is 2.14 bits per heavy atom. The van der Waals surface area contributed by atoms with Crippen LogP contribution in [0.3, 0.4) is 0 Å². The van der Waals surface area contributed by atoms with Crippen molar-refractivity contribution in [2.75, 3.05) is 41.0 Å². The zero-order valence-electron chi connectivity index (χ0n) is 13.5. The van der Waals surface area contributed by atoms with Crippen molar-refractivity contribution in [3.8, 4) is 17.2 Å². The van der Waals surface area contributed by atoms with Crippen LogP contribution in [0.1, 0.15) is 12.5 Å². The fourth-order valence-corrected chi connectivity index (χ4v) is 2.05. The number of carbonyl (C=O) groups excluding carboxylic acids is 1. The van der Waals surface area contributed by atoms with Gasteiger partial charge in [-0.3, -0.25) is 0 Å². The third kappa shape index (κ3) is 4.42. The summed E-state index contributed by atoms with van der Waals surface area (Å²) in [6.45, 7) is 3.17. The summed E-state index contributed by atoms with van der Waals surface area (Å²) in [5.74, 6) is 1.58. The number of nitrogens with two attached hydrogens (primary N) is 1. The van der Waals surface area contributed by atoms with Gasteiger partial charge in [0.2, 0.25) is 5.75 Å². The maximum absolute atomic E-state index is 11.9. The van der Waals surface area contributed by atoms with Crippen molar-refractivity contribution in [3.05, 3.63) is 17.7 Å². The average molecular weight is 312 g/mol. The summed E-state index contributed by atoms with van der Waals surface area (Å²) < 4.78 is 20.9. The molecule has 1 amide bonds. The highest BCUT2D eigenvalue weighted by Crippen LogP contribution is 2.38. The van der Waals surface area contributed by atoms with E-state index in [4.69, 9.17) is 24.7 Å². The Kier molecular flexibility index (Phi) is 7.31. The molecule has 2 N–H and O–H groups in total. The lowest BCUT2D eigenvalue weighted by molar-refractivity contribution is 0.105. The summed E-state index contributed by atoms with van der Waals surface area (Å²) in [6, 6.07) is 3.59. The number of benzene rings is 1. The number of hydrogen-bond donors (Lipinski definition) is 1. The monoisotopic (exact) mass is 312 g/mol. The second kappa shape index (κ2) is 8.99. The van der Waals surface area contributed by atoms with Gasteiger partial charge in [0.15, 0.2) is 11.5 Å². The lowest BCUT2D eigenvalue weighted by Crippen LogP contribution is -2.35. The number of hydrogen-bond acceptors (Lipinski definition) is 6. The number of ether oxygens (including phenoxy) is 4. The summed E-state index contributed by atoms with van der Waals surface area (Å²) in [5, 5.41) is 0. The van der Waals surface area contributed by atoms with Crippen LogP contribution in [-0.2, 0) is 11.3 Å². The molecule has 0 radical (unpaired) electrons. The Bertz CT molecular complexity index is 468. The molecule has 0 saturated carbocycles. The standard InChI is InChI=1S/C15H24N2O5/c1-5-22-15(18)17(7-6-16)10-11-8-12(19-2)14(21-4)13(9-11)20-3/h8-9H,5-7,10,16H2,1-4H3. The Balaban J connectivity index is 3.06. The Morgan fingerprint density at radius 1 is 1.14 bits per heavy atom. The number of amides is 1. The summed E-state index contributed by atoms with van der Waals surface area (Å²) in [5.41, 5.74) is 6.39. The van der Waals surface area contributed by atoms with Crippen molar-refractivity contribution in [1.29, 1.82) is 0 Å². The van der Waals surface area contributed by atoms with Crippen LogP contribution in [0.5, 0.6) is 17.2 Å². The summed E-state index contributed by atoms with van der Waals surface area (Å²) in [4.78, 5) is 13.5. The minimum absolute atomic E-state index is 0.315. The summed E-state index contributed by atoms with van der Waals surface area (Å²) in [7, 11) is 4.63. The smallest absolute Gasteiger partial charge is 0.410 e. The van der Waals surface area contributed by atoms with Gasteiger partial charge in [-0.15, -0.1) is 0 Å². The summed E-state index contributed by atoms with van der Waals surface area (Å²) in [6.07, 6.45) is -0.401. The molecule has 0 atom stereocenters. The van der Waals surface area contributed by atoms with E-state index in [0.29, 0.717) is 43.5 Å². The molecule has 0 aromatic heterocycles. The predicted octanol–water partition coefficient (Wildman–Crippen LogP) is 1.63. The average Bonchev–Trinajstić information content (AvgIpc) is 2.53. The molecule has 7 heteroatoms. The van der Waals surface area contributed by atoms with Gasteiger partial charge in [0, 0.05) is 19.6 Å². The van der Waals surface area contributed by atoms with Gasteiger partial charge in [0.1, 0.15) is 0 Å². The first-order valence-electron chi connectivity index (χ1n) is 7.01. The van der Waals surface area contributed by atoms with Gasteiger partial charge in [0.25, 0.3) is 0 Å². The fraction of sp³-hybridized carbons (Fsp3) is 0.533. The Hall–Kier alpha value is -2.15. The lowest BCUT2D eigenvalue weighted by Gasteiger charge is -2.22. The molecule has 0 aliphatic rings.